The Balaban J connectivity index is 2.06. The average Bonchev–Trinajstić information content (AvgIpc) is 2.45. The van der Waals surface area contributed by atoms with Crippen LogP contribution in [-0.2, 0) is 4.79 Å². The van der Waals surface area contributed by atoms with Crippen LogP contribution in [-0.4, -0.2) is 30.8 Å². The van der Waals surface area contributed by atoms with Crippen molar-refractivity contribution in [1.82, 2.24) is 0 Å². The zero-order valence-electron chi connectivity index (χ0n) is 11.3. The van der Waals surface area contributed by atoms with E-state index in [9.17, 15) is 4.79 Å². The van der Waals surface area contributed by atoms with Gasteiger partial charge in [0.2, 0.25) is 0 Å². The number of carbonyl (C=O) groups is 1. The molecular formula is C15H21NO3. The number of anilines is 1. The van der Waals surface area contributed by atoms with Gasteiger partial charge >= 0.3 is 5.97 Å². The molecule has 0 radical (unpaired) electrons. The number of hydrogen-bond acceptors (Lipinski definition) is 3. The topological polar surface area (TPSA) is 49.8 Å². The Labute approximate surface area is 114 Å². The van der Waals surface area contributed by atoms with Crippen LogP contribution in [0.1, 0.15) is 32.1 Å². The molecule has 1 fully saturated rings. The van der Waals surface area contributed by atoms with Crippen molar-refractivity contribution < 1.29 is 14.6 Å². The molecule has 0 aromatic heterocycles. The lowest BCUT2D eigenvalue weighted by atomic mass is 9.97. The van der Waals surface area contributed by atoms with E-state index in [1.54, 1.807) is 7.11 Å². The van der Waals surface area contributed by atoms with E-state index in [1.165, 1.54) is 12.8 Å². The molecule has 1 atom stereocenters. The third-order valence-electron chi connectivity index (χ3n) is 3.72. The third-order valence-corrected chi connectivity index (χ3v) is 3.72. The highest BCUT2D eigenvalue weighted by Gasteiger charge is 2.23. The predicted molar refractivity (Wildman–Crippen MR) is 74.8 cm³/mol. The second kappa shape index (κ2) is 6.45. The van der Waals surface area contributed by atoms with Crippen LogP contribution < -0.4 is 9.64 Å². The van der Waals surface area contributed by atoms with Crippen molar-refractivity contribution in [3.05, 3.63) is 24.3 Å². The first kappa shape index (κ1) is 13.7. The van der Waals surface area contributed by atoms with E-state index in [-0.39, 0.29) is 6.42 Å². The first-order valence-corrected chi connectivity index (χ1v) is 6.83. The molecule has 0 amide bonds. The standard InChI is InChI=1S/C15H21NO3/c1-19-14-8-5-13(6-9-14)16-11-3-2-4-12(16)7-10-15(17)18/h5-6,8-9,12H,2-4,7,10-11H2,1H3,(H,17,18). The van der Waals surface area contributed by atoms with Crippen molar-refractivity contribution in [2.75, 3.05) is 18.6 Å². The van der Waals surface area contributed by atoms with Crippen LogP contribution in [0.2, 0.25) is 0 Å². The second-order valence-corrected chi connectivity index (χ2v) is 4.97. The van der Waals surface area contributed by atoms with E-state index < -0.39 is 5.97 Å². The van der Waals surface area contributed by atoms with Crippen molar-refractivity contribution in [3.8, 4) is 5.75 Å². The Bertz CT molecular complexity index is 416. The molecular weight excluding hydrogens is 242 g/mol. The Morgan fingerprint density at radius 2 is 2.11 bits per heavy atom. The number of carboxylic acids is 1. The highest BCUT2D eigenvalue weighted by atomic mass is 16.5. The number of ether oxygens (including phenoxy) is 1. The number of hydrogen-bond donors (Lipinski definition) is 1. The zero-order chi connectivity index (χ0) is 13.7. The normalized spacial score (nSPS) is 19.2. The Morgan fingerprint density at radius 3 is 2.74 bits per heavy atom. The van der Waals surface area contributed by atoms with Crippen LogP contribution in [0.3, 0.4) is 0 Å². The van der Waals surface area contributed by atoms with Crippen LogP contribution in [0.15, 0.2) is 24.3 Å². The number of aliphatic carboxylic acids is 1. The minimum Gasteiger partial charge on any atom is -0.497 e. The van der Waals surface area contributed by atoms with E-state index in [0.717, 1.165) is 30.8 Å². The lowest BCUT2D eigenvalue weighted by Crippen LogP contribution is -2.39. The Morgan fingerprint density at radius 1 is 1.37 bits per heavy atom. The Kier molecular flexibility index (Phi) is 4.66. The molecule has 1 aromatic rings. The highest BCUT2D eigenvalue weighted by molar-refractivity contribution is 5.66. The fourth-order valence-electron chi connectivity index (χ4n) is 2.70. The number of rotatable bonds is 5. The molecule has 1 aliphatic heterocycles. The van der Waals surface area contributed by atoms with Gasteiger partial charge in [-0.1, -0.05) is 0 Å². The fourth-order valence-corrected chi connectivity index (χ4v) is 2.70. The quantitative estimate of drug-likeness (QED) is 0.887. The van der Waals surface area contributed by atoms with Gasteiger partial charge in [-0.05, 0) is 49.9 Å². The van der Waals surface area contributed by atoms with E-state index in [2.05, 4.69) is 17.0 Å². The molecule has 4 nitrogen and oxygen atoms in total. The summed E-state index contributed by atoms with van der Waals surface area (Å²) in [5.41, 5.74) is 1.16. The molecule has 1 aliphatic rings. The smallest absolute Gasteiger partial charge is 0.303 e. The lowest BCUT2D eigenvalue weighted by Gasteiger charge is -2.37. The number of benzene rings is 1. The third kappa shape index (κ3) is 3.63. The van der Waals surface area contributed by atoms with Gasteiger partial charge in [-0.25, -0.2) is 0 Å². The molecule has 0 bridgehead atoms. The molecule has 0 aliphatic carbocycles. The van der Waals surface area contributed by atoms with E-state index in [0.29, 0.717) is 6.04 Å². The maximum atomic E-state index is 10.7. The van der Waals surface area contributed by atoms with Gasteiger partial charge in [-0.2, -0.15) is 0 Å². The maximum absolute atomic E-state index is 10.7. The summed E-state index contributed by atoms with van der Waals surface area (Å²) >= 11 is 0. The van der Waals surface area contributed by atoms with Gasteiger partial charge in [0.15, 0.2) is 0 Å². The molecule has 1 saturated heterocycles. The first-order chi connectivity index (χ1) is 9.20. The van der Waals surface area contributed by atoms with Gasteiger partial charge in [-0.15, -0.1) is 0 Å². The summed E-state index contributed by atoms with van der Waals surface area (Å²) < 4.78 is 5.17. The molecule has 1 unspecified atom stereocenters. The van der Waals surface area contributed by atoms with Crippen LogP contribution in [0.4, 0.5) is 5.69 Å². The zero-order valence-corrected chi connectivity index (χ0v) is 11.3. The fraction of sp³-hybridized carbons (Fsp3) is 0.533. The van der Waals surface area contributed by atoms with Crippen LogP contribution in [0.25, 0.3) is 0 Å². The van der Waals surface area contributed by atoms with Gasteiger partial charge in [0.1, 0.15) is 5.75 Å². The SMILES string of the molecule is COc1ccc(N2CCCCC2CCC(=O)O)cc1. The number of piperidine rings is 1. The van der Waals surface area contributed by atoms with E-state index >= 15 is 0 Å². The molecule has 1 N–H and O–H groups in total. The Hall–Kier alpha value is -1.71. The van der Waals surface area contributed by atoms with Gasteiger partial charge in [0.25, 0.3) is 0 Å². The molecule has 2 rings (SSSR count). The van der Waals surface area contributed by atoms with Crippen molar-refractivity contribution in [2.45, 2.75) is 38.1 Å². The highest BCUT2D eigenvalue weighted by Crippen LogP contribution is 2.28. The molecule has 4 heteroatoms. The first-order valence-electron chi connectivity index (χ1n) is 6.83. The molecule has 0 spiro atoms. The summed E-state index contributed by atoms with van der Waals surface area (Å²) in [6, 6.07) is 8.37. The monoisotopic (exact) mass is 263 g/mol. The van der Waals surface area contributed by atoms with Gasteiger partial charge in [-0.3, -0.25) is 4.79 Å². The predicted octanol–water partition coefficient (Wildman–Crippen LogP) is 2.92. The maximum Gasteiger partial charge on any atom is 0.303 e. The molecule has 1 heterocycles. The average molecular weight is 263 g/mol. The molecule has 0 saturated carbocycles. The molecule has 104 valence electrons. The van der Waals surface area contributed by atoms with Gasteiger partial charge < -0.3 is 14.7 Å². The van der Waals surface area contributed by atoms with E-state index in [1.807, 2.05) is 12.1 Å². The van der Waals surface area contributed by atoms with E-state index in [4.69, 9.17) is 9.84 Å². The number of nitrogens with zero attached hydrogens (tertiary/aromatic N) is 1. The minimum atomic E-state index is -0.708. The largest absolute Gasteiger partial charge is 0.497 e. The molecule has 1 aromatic carbocycles. The summed E-state index contributed by atoms with van der Waals surface area (Å²) in [7, 11) is 1.66. The minimum absolute atomic E-state index is 0.247. The summed E-state index contributed by atoms with van der Waals surface area (Å²) in [6.45, 7) is 1.01. The van der Waals surface area contributed by atoms with Gasteiger partial charge in [0, 0.05) is 24.7 Å². The summed E-state index contributed by atoms with van der Waals surface area (Å²) in [4.78, 5) is 13.1. The van der Waals surface area contributed by atoms with Crippen LogP contribution >= 0.6 is 0 Å². The molecule has 19 heavy (non-hydrogen) atoms. The van der Waals surface area contributed by atoms with Crippen molar-refractivity contribution in [3.63, 3.8) is 0 Å². The van der Waals surface area contributed by atoms with Crippen LogP contribution in [0, 0.1) is 0 Å². The lowest BCUT2D eigenvalue weighted by molar-refractivity contribution is -0.137. The van der Waals surface area contributed by atoms with Gasteiger partial charge in [0.05, 0.1) is 7.11 Å². The van der Waals surface area contributed by atoms with Crippen LogP contribution in [0.5, 0.6) is 5.75 Å². The summed E-state index contributed by atoms with van der Waals surface area (Å²) in [6.07, 6.45) is 4.42. The summed E-state index contributed by atoms with van der Waals surface area (Å²) in [5, 5.41) is 8.83. The second-order valence-electron chi connectivity index (χ2n) is 4.97. The summed E-state index contributed by atoms with van der Waals surface area (Å²) in [5.74, 6) is 0.142. The van der Waals surface area contributed by atoms with Crippen molar-refractivity contribution in [2.24, 2.45) is 0 Å². The number of carboxylic acid groups (broad SMARTS) is 1. The van der Waals surface area contributed by atoms with Crippen molar-refractivity contribution in [1.29, 1.82) is 0 Å². The van der Waals surface area contributed by atoms with Crippen molar-refractivity contribution >= 4 is 11.7 Å². The number of methoxy groups -OCH3 is 1.